The molecule has 0 radical (unpaired) electrons. The molecule has 6 atom stereocenters. The zero-order valence-corrected chi connectivity index (χ0v) is 36.0. The van der Waals surface area contributed by atoms with E-state index in [4.69, 9.17) is 14.2 Å². The molecule has 0 spiro atoms. The molecule has 57 heavy (non-hydrogen) atoms. The number of benzene rings is 1. The summed E-state index contributed by atoms with van der Waals surface area (Å²) in [6.07, 6.45) is 5.37. The number of carbonyl (C=O) groups excluding carboxylic acids is 5. The van der Waals surface area contributed by atoms with Gasteiger partial charge in [0.25, 0.3) is 0 Å². The second-order valence-corrected chi connectivity index (χ2v) is 21.7. The van der Waals surface area contributed by atoms with Gasteiger partial charge in [-0.25, -0.2) is 4.79 Å². The van der Waals surface area contributed by atoms with E-state index in [1.54, 1.807) is 45.9 Å². The van der Waals surface area contributed by atoms with Gasteiger partial charge in [0.15, 0.2) is 0 Å². The van der Waals surface area contributed by atoms with Crippen LogP contribution in [0.2, 0.25) is 0 Å². The number of alkyl carbamates (subject to hydrolysis) is 1. The second-order valence-electron chi connectivity index (χ2n) is 15.7. The zero-order valence-electron chi connectivity index (χ0n) is 33.1. The Bertz CT molecular complexity index is 2080. The summed E-state index contributed by atoms with van der Waals surface area (Å²) in [5, 5.41) is 8.32. The molecule has 4 N–H and O–H groups in total. The van der Waals surface area contributed by atoms with Gasteiger partial charge in [0.2, 0.25) is 0 Å². The molecule has 0 bridgehead atoms. The molecule has 4 aliphatic rings. The van der Waals surface area contributed by atoms with Crippen molar-refractivity contribution in [1.29, 1.82) is 0 Å². The number of nitrogens with zero attached hydrogens (tertiary/aromatic N) is 3. The van der Waals surface area contributed by atoms with E-state index in [0.29, 0.717) is 48.2 Å². The molecule has 1 aliphatic carbocycles. The molecule has 312 valence electrons. The molecule has 6 rings (SSSR count). The fourth-order valence-corrected chi connectivity index (χ4v) is 12.0. The summed E-state index contributed by atoms with van der Waals surface area (Å²) in [6.45, 7) is 6.82. The first-order chi connectivity index (χ1) is 27.0. The van der Waals surface area contributed by atoms with Gasteiger partial charge in [-0.05, 0) is 6.07 Å². The minimum absolute atomic E-state index is 0.0366. The molecular formula is C38H52IN7O10S. The number of rotatable bonds is 10. The van der Waals surface area contributed by atoms with Crippen LogP contribution in [0.4, 0.5) is 4.79 Å². The molecule has 2 aromatic rings. The molecule has 1 aromatic heterocycles. The topological polar surface area (TPSA) is 224 Å². The predicted molar refractivity (Wildman–Crippen MR) is 203 cm³/mol. The first-order valence-electron chi connectivity index (χ1n) is 19.3. The quantitative estimate of drug-likeness (QED) is 0.0973. The average molecular weight is 926 g/mol. The number of alkyl halides is 2. The number of sulfonamides is 1. The number of hydrogen-bond acceptors (Lipinski definition) is 12. The molecule has 19 heteroatoms. The Kier molecular flexibility index (Phi) is 12.7. The number of nitrogens with one attached hydrogen (secondary N) is 4. The third-order valence-electron chi connectivity index (χ3n) is 11.1. The van der Waals surface area contributed by atoms with Gasteiger partial charge in [-0.3, -0.25) is 0 Å². The van der Waals surface area contributed by atoms with Gasteiger partial charge in [0, 0.05) is 0 Å². The summed E-state index contributed by atoms with van der Waals surface area (Å²) >= 11 is -0.988. The van der Waals surface area contributed by atoms with E-state index in [1.165, 1.54) is 25.0 Å². The van der Waals surface area contributed by atoms with Crippen LogP contribution in [0, 0.1) is 12.8 Å². The Labute approximate surface area is 342 Å². The molecule has 3 aliphatic heterocycles. The molecule has 5 amide bonds. The van der Waals surface area contributed by atoms with Crippen LogP contribution in [-0.2, 0) is 33.9 Å². The maximum atomic E-state index is 14.7. The molecule has 2 saturated heterocycles. The van der Waals surface area contributed by atoms with Crippen LogP contribution in [-0.4, -0.2) is 110 Å². The van der Waals surface area contributed by atoms with Crippen molar-refractivity contribution in [3.63, 3.8) is 0 Å². The van der Waals surface area contributed by atoms with E-state index in [-0.39, 0.29) is 28.6 Å². The summed E-state index contributed by atoms with van der Waals surface area (Å²) in [7, 11) is -1.26. The van der Waals surface area contributed by atoms with Crippen molar-refractivity contribution in [3.05, 3.63) is 23.9 Å². The average Bonchev–Trinajstić information content (AvgIpc) is 4.05. The van der Waals surface area contributed by atoms with E-state index in [0.717, 1.165) is 25.7 Å². The zero-order chi connectivity index (χ0) is 41.3. The summed E-state index contributed by atoms with van der Waals surface area (Å²) in [6, 6.07) is 1.95. The van der Waals surface area contributed by atoms with Crippen LogP contribution in [0.5, 0.6) is 11.6 Å². The van der Waals surface area contributed by atoms with Crippen LogP contribution >= 0.6 is 0 Å². The van der Waals surface area contributed by atoms with Crippen LogP contribution in [0.15, 0.2) is 18.2 Å². The number of ether oxygens (including phenoxy) is 3. The van der Waals surface area contributed by atoms with Gasteiger partial charge in [-0.15, -0.1) is 0 Å². The normalized spacial score (nSPS) is 26.8. The number of carbonyl (C=O) groups is 5. The molecule has 3 fully saturated rings. The summed E-state index contributed by atoms with van der Waals surface area (Å²) in [4.78, 5) is 78.2. The number of aryl methyl sites for hydroxylation is 1. The predicted octanol–water partition coefficient (Wildman–Crippen LogP) is -1.03. The Balaban J connectivity index is 1.34. The van der Waals surface area contributed by atoms with Gasteiger partial charge >= 0.3 is 309 Å². The first kappa shape index (κ1) is 42.5. The molecule has 4 heterocycles. The number of methoxy groups -OCH3 is 2. The number of amides is 5. The third-order valence-corrected chi connectivity index (χ3v) is 17.4. The molecule has 1 saturated carbocycles. The number of aromatic nitrogens is 2. The van der Waals surface area contributed by atoms with Crippen LogP contribution in [0.3, 0.4) is 0 Å². The first-order valence-corrected chi connectivity index (χ1v) is 23.2. The number of halogens is 1. The van der Waals surface area contributed by atoms with Gasteiger partial charge in [0.05, 0.1) is 14.2 Å². The van der Waals surface area contributed by atoms with Gasteiger partial charge < -0.3 is 9.47 Å². The van der Waals surface area contributed by atoms with Crippen molar-refractivity contribution in [1.82, 2.24) is 30.6 Å². The van der Waals surface area contributed by atoms with E-state index in [2.05, 4.69) is 30.6 Å². The van der Waals surface area contributed by atoms with Crippen molar-refractivity contribution in [2.75, 3.05) is 14.2 Å². The monoisotopic (exact) mass is 925 g/mol. The fraction of sp³-hybridized carbons (Fsp3) is 0.632. The van der Waals surface area contributed by atoms with Crippen molar-refractivity contribution in [2.45, 2.75) is 128 Å². The van der Waals surface area contributed by atoms with Crippen LogP contribution in [0.1, 0.15) is 90.7 Å². The van der Waals surface area contributed by atoms with Crippen LogP contribution < -0.4 is 51.4 Å². The Morgan fingerprint density at radius 3 is 2.39 bits per heavy atom. The van der Waals surface area contributed by atoms with Gasteiger partial charge in [0.1, 0.15) is 0 Å². The summed E-state index contributed by atoms with van der Waals surface area (Å²) in [5.41, 5.74) is 1.59. The maximum absolute atomic E-state index is 14.7. The van der Waals surface area contributed by atoms with E-state index >= 15 is 0 Å². The second kappa shape index (κ2) is 17.0. The third kappa shape index (κ3) is 9.28. The molecule has 17 nitrogen and oxygen atoms in total. The van der Waals surface area contributed by atoms with E-state index in [9.17, 15) is 32.4 Å². The molecule has 0 unspecified atom stereocenters. The van der Waals surface area contributed by atoms with Crippen LogP contribution in [0.25, 0.3) is 11.0 Å². The van der Waals surface area contributed by atoms with Crippen molar-refractivity contribution >= 4 is 57.0 Å². The number of hydrogen-bond donors (Lipinski definition) is 4. The summed E-state index contributed by atoms with van der Waals surface area (Å²) < 4.78 is 43.8. The molecular weight excluding hydrogens is 873 g/mol. The minimum atomic E-state index is -3.98. The Morgan fingerprint density at radius 2 is 1.72 bits per heavy atom. The van der Waals surface area contributed by atoms with E-state index < -0.39 is 93.5 Å². The van der Waals surface area contributed by atoms with E-state index in [1.807, 2.05) is 0 Å². The number of fused-ring (bicyclic) bond motifs is 3. The summed E-state index contributed by atoms with van der Waals surface area (Å²) in [5.74, 6) is -2.17. The van der Waals surface area contributed by atoms with Crippen molar-refractivity contribution in [3.8, 4) is 11.6 Å². The fourth-order valence-electron chi connectivity index (χ4n) is 7.14. The van der Waals surface area contributed by atoms with Crippen molar-refractivity contribution < 1.29 is 72.4 Å². The standard InChI is InChI=1S/C38H52IN7O10S/c1-21(2)30(43-36(51)55-6)32(48)41-26-12-10-8-7-9-11-13-29-38(39-29,35(50)45-57(52,53)37(4)16-17-37)44-31(47)28-19-24(20-46(28)34(26)49)56-33-22(3)40-25-15-14-23(54-5)18-27(25)42-33/h14-15,18,20-21,24,26,28-30H,7-13,16-17,19H2,1-6H3,(H,41,48)(H,43,51)(H,44,47)(H,45,50)/t24-,26+,28+,29+,30+,38-/m1/s1. The van der Waals surface area contributed by atoms with Crippen molar-refractivity contribution in [2.24, 2.45) is 5.92 Å². The Hall–Kier alpha value is -4.14. The molecule has 1 aromatic carbocycles. The van der Waals surface area contributed by atoms with Gasteiger partial charge in [-0.1, -0.05) is 0 Å². The Morgan fingerprint density at radius 1 is 1.02 bits per heavy atom. The van der Waals surface area contributed by atoms with Gasteiger partial charge in [-0.2, -0.15) is 0 Å². The SMILES string of the molecule is COC(=O)N[C@H](C(=O)N[C@H]1CCCCCCC[C@@H]2[I-][C@@]2(C(=O)NS(=O)(=O)C2(C)CC2)NC(=O)[C@@H]2C[C@@H](Oc3nc4cc(OC)ccc4nc3C)C=[N+]2C1=O)C(C)C.